The van der Waals surface area contributed by atoms with E-state index in [4.69, 9.17) is 4.42 Å². The van der Waals surface area contributed by atoms with Crippen LogP contribution in [0.5, 0.6) is 0 Å². The molecule has 2 N–H and O–H groups in total. The van der Waals surface area contributed by atoms with E-state index in [-0.39, 0.29) is 6.03 Å². The summed E-state index contributed by atoms with van der Waals surface area (Å²) in [6, 6.07) is 3.23. The van der Waals surface area contributed by atoms with E-state index in [0.29, 0.717) is 5.76 Å². The summed E-state index contributed by atoms with van der Waals surface area (Å²) in [6.45, 7) is 1.84. The predicted octanol–water partition coefficient (Wildman–Crippen LogP) is 0.851. The van der Waals surface area contributed by atoms with Crippen LogP contribution in [0.1, 0.15) is 11.5 Å². The highest BCUT2D eigenvalue weighted by atomic mass is 16.3. The minimum atomic E-state index is -0.362. The Hall–Kier alpha value is -1.78. The van der Waals surface area contributed by atoms with E-state index >= 15 is 0 Å². The average Bonchev–Trinajstić information content (AvgIpc) is 2.51. The van der Waals surface area contributed by atoms with Gasteiger partial charge in [0.25, 0.3) is 0 Å². The first-order valence-corrected chi connectivity index (χ1v) is 3.79. The Morgan fingerprint density at radius 3 is 2.92 bits per heavy atom. The van der Waals surface area contributed by atoms with Crippen molar-refractivity contribution in [1.82, 2.24) is 10.7 Å². The van der Waals surface area contributed by atoms with E-state index in [0.717, 1.165) is 5.76 Å². The lowest BCUT2D eigenvalue weighted by molar-refractivity contribution is 0.243. The van der Waals surface area contributed by atoms with Crippen molar-refractivity contribution in [3.8, 4) is 0 Å². The van der Waals surface area contributed by atoms with Crippen molar-refractivity contribution in [1.29, 1.82) is 0 Å². The van der Waals surface area contributed by atoms with Crippen LogP contribution in [0.25, 0.3) is 0 Å². The van der Waals surface area contributed by atoms with Crippen LogP contribution in [-0.2, 0) is 0 Å². The molecule has 0 aliphatic carbocycles. The first-order chi connectivity index (χ1) is 6.22. The lowest BCUT2D eigenvalue weighted by atomic mass is 10.4. The maximum Gasteiger partial charge on any atom is 0.334 e. The van der Waals surface area contributed by atoms with Gasteiger partial charge in [-0.05, 0) is 19.1 Å². The third-order valence-electron chi connectivity index (χ3n) is 1.35. The lowest BCUT2D eigenvalue weighted by Gasteiger charge is -1.94. The fourth-order valence-electron chi connectivity index (χ4n) is 0.733. The number of nitrogens with zero attached hydrogens (tertiary/aromatic N) is 1. The molecule has 5 heteroatoms. The zero-order chi connectivity index (χ0) is 9.68. The molecule has 13 heavy (non-hydrogen) atoms. The SMILES string of the molecule is CNC(=O)N/N=C/c1ccc(C)o1. The molecule has 5 nitrogen and oxygen atoms in total. The largest absolute Gasteiger partial charge is 0.460 e. The Morgan fingerprint density at radius 2 is 2.38 bits per heavy atom. The lowest BCUT2D eigenvalue weighted by Crippen LogP contribution is -2.28. The smallest absolute Gasteiger partial charge is 0.334 e. The van der Waals surface area contributed by atoms with Crippen molar-refractivity contribution in [2.75, 3.05) is 7.05 Å². The highest BCUT2D eigenvalue weighted by Crippen LogP contribution is 2.02. The summed E-state index contributed by atoms with van der Waals surface area (Å²) in [5, 5.41) is 6.01. The highest BCUT2D eigenvalue weighted by Gasteiger charge is 1.94. The molecule has 0 fully saturated rings. The van der Waals surface area contributed by atoms with Crippen molar-refractivity contribution in [3.63, 3.8) is 0 Å². The summed E-state index contributed by atoms with van der Waals surface area (Å²) in [5.74, 6) is 1.41. The van der Waals surface area contributed by atoms with Gasteiger partial charge in [0, 0.05) is 7.05 Å². The number of carbonyl (C=O) groups excluding carboxylic acids is 1. The van der Waals surface area contributed by atoms with Crippen LogP contribution in [0.3, 0.4) is 0 Å². The number of aryl methyl sites for hydroxylation is 1. The van der Waals surface area contributed by atoms with Gasteiger partial charge in [-0.15, -0.1) is 0 Å². The van der Waals surface area contributed by atoms with Crippen LogP contribution in [0.4, 0.5) is 4.79 Å². The fraction of sp³-hybridized carbons (Fsp3) is 0.250. The van der Waals surface area contributed by atoms with Gasteiger partial charge in [-0.25, -0.2) is 10.2 Å². The second-order valence-electron chi connectivity index (χ2n) is 2.40. The monoisotopic (exact) mass is 181 g/mol. The number of hydrazone groups is 1. The summed E-state index contributed by atoms with van der Waals surface area (Å²) < 4.78 is 5.18. The normalized spacial score (nSPS) is 10.3. The molecule has 0 radical (unpaired) electrons. The second kappa shape index (κ2) is 4.30. The fourth-order valence-corrected chi connectivity index (χ4v) is 0.733. The molecule has 70 valence electrons. The van der Waals surface area contributed by atoms with Crippen molar-refractivity contribution in [2.45, 2.75) is 6.92 Å². The number of hydrogen-bond donors (Lipinski definition) is 2. The van der Waals surface area contributed by atoms with E-state index in [1.807, 2.05) is 13.0 Å². The molecule has 2 amide bonds. The third kappa shape index (κ3) is 2.98. The van der Waals surface area contributed by atoms with Crippen LogP contribution in [0.15, 0.2) is 21.7 Å². The zero-order valence-electron chi connectivity index (χ0n) is 7.50. The minimum absolute atomic E-state index is 0.362. The molecule has 1 rings (SSSR count). The van der Waals surface area contributed by atoms with Gasteiger partial charge < -0.3 is 9.73 Å². The van der Waals surface area contributed by atoms with E-state index in [9.17, 15) is 4.79 Å². The second-order valence-corrected chi connectivity index (χ2v) is 2.40. The van der Waals surface area contributed by atoms with Gasteiger partial charge in [-0.2, -0.15) is 5.10 Å². The quantitative estimate of drug-likeness (QED) is 0.524. The van der Waals surface area contributed by atoms with Gasteiger partial charge in [0.15, 0.2) is 0 Å². The van der Waals surface area contributed by atoms with Gasteiger partial charge in [-0.3, -0.25) is 0 Å². The molecule has 0 spiro atoms. The van der Waals surface area contributed by atoms with Crippen LogP contribution in [0, 0.1) is 6.92 Å². The van der Waals surface area contributed by atoms with E-state index in [1.165, 1.54) is 13.3 Å². The molecule has 0 saturated heterocycles. The van der Waals surface area contributed by atoms with Crippen LogP contribution >= 0.6 is 0 Å². The molecule has 1 aromatic rings. The van der Waals surface area contributed by atoms with Crippen molar-refractivity contribution < 1.29 is 9.21 Å². The molecule has 0 aliphatic heterocycles. The average molecular weight is 181 g/mol. The number of rotatable bonds is 2. The molecule has 1 heterocycles. The Kier molecular flexibility index (Phi) is 3.08. The summed E-state index contributed by atoms with van der Waals surface area (Å²) in [6.07, 6.45) is 1.43. The first-order valence-electron chi connectivity index (χ1n) is 3.79. The van der Waals surface area contributed by atoms with E-state index in [1.54, 1.807) is 6.07 Å². The van der Waals surface area contributed by atoms with E-state index < -0.39 is 0 Å². The summed E-state index contributed by atoms with van der Waals surface area (Å²) in [4.78, 5) is 10.6. The summed E-state index contributed by atoms with van der Waals surface area (Å²) in [5.41, 5.74) is 2.25. The molecule has 1 aromatic heterocycles. The zero-order valence-corrected chi connectivity index (χ0v) is 7.50. The molecule has 0 atom stereocenters. The van der Waals surface area contributed by atoms with Crippen molar-refractivity contribution >= 4 is 12.2 Å². The molecular weight excluding hydrogens is 170 g/mol. The topological polar surface area (TPSA) is 66.6 Å². The minimum Gasteiger partial charge on any atom is -0.460 e. The molecule has 0 unspecified atom stereocenters. The van der Waals surface area contributed by atoms with Crippen LogP contribution < -0.4 is 10.7 Å². The number of amides is 2. The van der Waals surface area contributed by atoms with Gasteiger partial charge >= 0.3 is 6.03 Å². The van der Waals surface area contributed by atoms with Crippen molar-refractivity contribution in [2.24, 2.45) is 5.10 Å². The van der Waals surface area contributed by atoms with Gasteiger partial charge in [0.2, 0.25) is 0 Å². The standard InChI is InChI=1S/C8H11N3O2/c1-6-3-4-7(13-6)5-10-11-8(12)9-2/h3-5H,1-2H3,(H2,9,11,12)/b10-5+. The Bertz CT molecular complexity index is 317. The van der Waals surface area contributed by atoms with Gasteiger partial charge in [0.05, 0.1) is 6.21 Å². The number of carbonyl (C=O) groups is 1. The van der Waals surface area contributed by atoms with Crippen LogP contribution in [0.2, 0.25) is 0 Å². The van der Waals surface area contributed by atoms with Crippen molar-refractivity contribution in [3.05, 3.63) is 23.7 Å². The van der Waals surface area contributed by atoms with Crippen LogP contribution in [-0.4, -0.2) is 19.3 Å². The summed E-state index contributed by atoms with van der Waals surface area (Å²) >= 11 is 0. The number of furan rings is 1. The maximum atomic E-state index is 10.6. The van der Waals surface area contributed by atoms with Gasteiger partial charge in [0.1, 0.15) is 11.5 Å². The molecule has 0 bridgehead atoms. The molecule has 0 aliphatic rings. The molecule has 0 aromatic carbocycles. The first kappa shape index (κ1) is 9.31. The molecule has 0 saturated carbocycles. The molecular formula is C8H11N3O2. The number of urea groups is 1. The number of hydrogen-bond acceptors (Lipinski definition) is 3. The Balaban J connectivity index is 2.45. The van der Waals surface area contributed by atoms with E-state index in [2.05, 4.69) is 15.8 Å². The highest BCUT2D eigenvalue weighted by molar-refractivity contribution is 5.79. The van der Waals surface area contributed by atoms with Gasteiger partial charge in [-0.1, -0.05) is 0 Å². The Labute approximate surface area is 75.8 Å². The maximum absolute atomic E-state index is 10.6. The summed E-state index contributed by atoms with van der Waals surface area (Å²) in [7, 11) is 1.52. The Morgan fingerprint density at radius 1 is 1.62 bits per heavy atom. The number of nitrogens with one attached hydrogen (secondary N) is 2. The predicted molar refractivity (Wildman–Crippen MR) is 48.6 cm³/mol. The third-order valence-corrected chi connectivity index (χ3v) is 1.35.